The molecule has 32 heavy (non-hydrogen) atoms. The summed E-state index contributed by atoms with van der Waals surface area (Å²) in [5, 5.41) is 6.99. The van der Waals surface area contributed by atoms with Crippen LogP contribution in [0.2, 0.25) is 10.0 Å². The normalized spacial score (nSPS) is 18.3. The standard InChI is InChI=1S/C21H17Cl2F3N4O2/c1-10-3-5-13(32-10)9-27-20(31)18-11(2)28-17-8-16(21(24,25)26)29-30(17)19(18)12-4-6-14(22)15(23)7-12/h3-8,18-19H,9H2,1-2H3,(H,27,31). The van der Waals surface area contributed by atoms with E-state index in [0.29, 0.717) is 22.8 Å². The lowest BCUT2D eigenvalue weighted by molar-refractivity contribution is -0.141. The minimum Gasteiger partial charge on any atom is -0.465 e. The molecule has 3 heterocycles. The number of hydrogen-bond donors (Lipinski definition) is 1. The number of carbonyl (C=O) groups excluding carboxylic acids is 1. The number of furan rings is 1. The molecule has 1 aliphatic heterocycles. The minimum atomic E-state index is -4.66. The van der Waals surface area contributed by atoms with Crippen molar-refractivity contribution in [3.8, 4) is 0 Å². The summed E-state index contributed by atoms with van der Waals surface area (Å²) in [6, 6.07) is 8.08. The highest BCUT2D eigenvalue weighted by Crippen LogP contribution is 2.41. The Morgan fingerprint density at radius 1 is 1.16 bits per heavy atom. The van der Waals surface area contributed by atoms with Crippen molar-refractivity contribution in [3.05, 3.63) is 69.2 Å². The van der Waals surface area contributed by atoms with Crippen LogP contribution >= 0.6 is 23.2 Å². The van der Waals surface area contributed by atoms with Crippen LogP contribution in [0.15, 0.2) is 45.8 Å². The number of amides is 1. The SMILES string of the molecule is CC1=Nc2cc(C(F)(F)F)nn2C(c2ccc(Cl)c(Cl)c2)C1C(=O)NCc1ccc(C)o1. The van der Waals surface area contributed by atoms with Crippen LogP contribution in [-0.4, -0.2) is 21.4 Å². The van der Waals surface area contributed by atoms with Crippen molar-refractivity contribution < 1.29 is 22.4 Å². The number of aromatic nitrogens is 2. The third-order valence-electron chi connectivity index (χ3n) is 5.13. The molecule has 0 bridgehead atoms. The van der Waals surface area contributed by atoms with Crippen molar-refractivity contribution >= 4 is 40.6 Å². The smallest absolute Gasteiger partial charge is 0.435 e. The maximum atomic E-state index is 13.3. The summed E-state index contributed by atoms with van der Waals surface area (Å²) >= 11 is 12.2. The van der Waals surface area contributed by atoms with E-state index in [1.54, 1.807) is 32.0 Å². The lowest BCUT2D eigenvalue weighted by Gasteiger charge is -2.31. The molecule has 0 saturated carbocycles. The van der Waals surface area contributed by atoms with E-state index in [-0.39, 0.29) is 22.4 Å². The highest BCUT2D eigenvalue weighted by atomic mass is 35.5. The van der Waals surface area contributed by atoms with E-state index < -0.39 is 29.7 Å². The molecule has 0 aliphatic carbocycles. The molecule has 1 aliphatic rings. The molecule has 0 spiro atoms. The van der Waals surface area contributed by atoms with Gasteiger partial charge in [0.25, 0.3) is 0 Å². The summed E-state index contributed by atoms with van der Waals surface area (Å²) in [6.07, 6.45) is -4.66. The third kappa shape index (κ3) is 4.27. The fraction of sp³-hybridized carbons (Fsp3) is 0.286. The van der Waals surface area contributed by atoms with Crippen LogP contribution in [0.5, 0.6) is 0 Å². The summed E-state index contributed by atoms with van der Waals surface area (Å²) in [5.74, 6) is -0.134. The summed E-state index contributed by atoms with van der Waals surface area (Å²) in [7, 11) is 0. The van der Waals surface area contributed by atoms with Gasteiger partial charge in [0.1, 0.15) is 17.4 Å². The largest absolute Gasteiger partial charge is 0.465 e. The van der Waals surface area contributed by atoms with E-state index in [4.69, 9.17) is 27.6 Å². The Hall–Kier alpha value is -2.78. The Morgan fingerprint density at radius 3 is 2.53 bits per heavy atom. The van der Waals surface area contributed by atoms with Crippen molar-refractivity contribution in [2.75, 3.05) is 0 Å². The van der Waals surface area contributed by atoms with Crippen LogP contribution in [0.25, 0.3) is 0 Å². The predicted octanol–water partition coefficient (Wildman–Crippen LogP) is 5.74. The molecule has 2 unspecified atom stereocenters. The van der Waals surface area contributed by atoms with Gasteiger partial charge in [-0.25, -0.2) is 9.67 Å². The van der Waals surface area contributed by atoms with Gasteiger partial charge in [0, 0.05) is 11.8 Å². The molecule has 2 aromatic heterocycles. The van der Waals surface area contributed by atoms with Gasteiger partial charge in [0.15, 0.2) is 11.5 Å². The van der Waals surface area contributed by atoms with E-state index in [9.17, 15) is 18.0 Å². The number of alkyl halides is 3. The third-order valence-corrected chi connectivity index (χ3v) is 5.87. The first kappa shape index (κ1) is 22.4. The van der Waals surface area contributed by atoms with Gasteiger partial charge >= 0.3 is 6.18 Å². The van der Waals surface area contributed by atoms with Crippen molar-refractivity contribution in [1.82, 2.24) is 15.1 Å². The Labute approximate surface area is 191 Å². The van der Waals surface area contributed by atoms with E-state index >= 15 is 0 Å². The molecule has 1 aromatic carbocycles. The molecule has 0 fully saturated rings. The van der Waals surface area contributed by atoms with Crippen LogP contribution < -0.4 is 5.32 Å². The lowest BCUT2D eigenvalue weighted by atomic mass is 9.87. The number of aryl methyl sites for hydroxylation is 1. The fourth-order valence-corrected chi connectivity index (χ4v) is 3.97. The quantitative estimate of drug-likeness (QED) is 0.513. The number of aliphatic imine (C=N–C) groups is 1. The van der Waals surface area contributed by atoms with E-state index in [1.807, 2.05) is 0 Å². The van der Waals surface area contributed by atoms with Crippen molar-refractivity contribution in [1.29, 1.82) is 0 Å². The highest BCUT2D eigenvalue weighted by molar-refractivity contribution is 6.42. The number of hydrogen-bond acceptors (Lipinski definition) is 4. The van der Waals surface area contributed by atoms with Crippen LogP contribution in [-0.2, 0) is 17.5 Å². The molecule has 1 amide bonds. The number of carbonyl (C=O) groups is 1. The predicted molar refractivity (Wildman–Crippen MR) is 113 cm³/mol. The van der Waals surface area contributed by atoms with Gasteiger partial charge in [-0.1, -0.05) is 29.3 Å². The van der Waals surface area contributed by atoms with Gasteiger partial charge in [0.2, 0.25) is 5.91 Å². The first-order valence-electron chi connectivity index (χ1n) is 9.54. The van der Waals surface area contributed by atoms with E-state index in [0.717, 1.165) is 10.7 Å². The maximum Gasteiger partial charge on any atom is 0.435 e. The number of halogens is 5. The molecule has 1 N–H and O–H groups in total. The monoisotopic (exact) mass is 484 g/mol. The van der Waals surface area contributed by atoms with Gasteiger partial charge in [-0.2, -0.15) is 18.3 Å². The lowest BCUT2D eigenvalue weighted by Crippen LogP contribution is -2.42. The second kappa shape index (κ2) is 8.29. The Kier molecular flexibility index (Phi) is 5.81. The zero-order valence-corrected chi connectivity index (χ0v) is 18.4. The topological polar surface area (TPSA) is 72.4 Å². The molecule has 2 atom stereocenters. The second-order valence-corrected chi connectivity index (χ2v) is 8.22. The summed E-state index contributed by atoms with van der Waals surface area (Å²) < 4.78 is 46.6. The van der Waals surface area contributed by atoms with E-state index in [2.05, 4.69) is 15.4 Å². The highest BCUT2D eigenvalue weighted by Gasteiger charge is 2.42. The van der Waals surface area contributed by atoms with Gasteiger partial charge in [-0.3, -0.25) is 4.79 Å². The number of nitrogens with zero attached hydrogens (tertiary/aromatic N) is 3. The molecule has 11 heteroatoms. The van der Waals surface area contributed by atoms with Crippen LogP contribution in [0.1, 0.15) is 35.7 Å². The molecule has 168 valence electrons. The second-order valence-electron chi connectivity index (χ2n) is 7.41. The molecule has 0 saturated heterocycles. The molecule has 6 nitrogen and oxygen atoms in total. The Bertz CT molecular complexity index is 1220. The van der Waals surface area contributed by atoms with Gasteiger partial charge in [-0.15, -0.1) is 0 Å². The zero-order valence-electron chi connectivity index (χ0n) is 16.9. The van der Waals surface area contributed by atoms with Crippen molar-refractivity contribution in [2.45, 2.75) is 32.6 Å². The summed E-state index contributed by atoms with van der Waals surface area (Å²) in [5.41, 5.74) is -0.280. The van der Waals surface area contributed by atoms with Gasteiger partial charge in [0.05, 0.1) is 22.6 Å². The molecular weight excluding hydrogens is 468 g/mol. The van der Waals surface area contributed by atoms with Gasteiger partial charge < -0.3 is 9.73 Å². The number of fused-ring (bicyclic) bond motifs is 1. The van der Waals surface area contributed by atoms with Crippen molar-refractivity contribution in [3.63, 3.8) is 0 Å². The Morgan fingerprint density at radius 2 is 1.91 bits per heavy atom. The zero-order chi connectivity index (χ0) is 23.2. The van der Waals surface area contributed by atoms with Crippen LogP contribution in [0.3, 0.4) is 0 Å². The van der Waals surface area contributed by atoms with Crippen LogP contribution in [0, 0.1) is 12.8 Å². The minimum absolute atomic E-state index is 0.00314. The number of benzene rings is 1. The number of rotatable bonds is 4. The molecule has 0 radical (unpaired) electrons. The summed E-state index contributed by atoms with van der Waals surface area (Å²) in [4.78, 5) is 17.4. The first-order valence-corrected chi connectivity index (χ1v) is 10.3. The molecule has 3 aromatic rings. The maximum absolute atomic E-state index is 13.3. The fourth-order valence-electron chi connectivity index (χ4n) is 3.66. The average molecular weight is 485 g/mol. The van der Waals surface area contributed by atoms with E-state index in [1.165, 1.54) is 12.1 Å². The summed E-state index contributed by atoms with van der Waals surface area (Å²) in [6.45, 7) is 3.49. The van der Waals surface area contributed by atoms with Gasteiger partial charge in [-0.05, 0) is 43.7 Å². The number of nitrogens with one attached hydrogen (secondary N) is 1. The first-order chi connectivity index (χ1) is 15.0. The molecular formula is C21H17Cl2F3N4O2. The Balaban J connectivity index is 1.75. The molecule has 4 rings (SSSR count). The van der Waals surface area contributed by atoms with Crippen LogP contribution in [0.4, 0.5) is 19.0 Å². The average Bonchev–Trinajstić information content (AvgIpc) is 3.33. The van der Waals surface area contributed by atoms with Crippen molar-refractivity contribution in [2.24, 2.45) is 10.9 Å².